The van der Waals surface area contributed by atoms with Gasteiger partial charge in [0.2, 0.25) is 10.0 Å². The number of aliphatic hydroxyl groups is 1. The molecule has 0 aliphatic carbocycles. The van der Waals surface area contributed by atoms with Crippen LogP contribution in [0.25, 0.3) is 0 Å². The van der Waals surface area contributed by atoms with Gasteiger partial charge in [-0.1, -0.05) is 17.7 Å². The van der Waals surface area contributed by atoms with Crippen molar-refractivity contribution in [3.05, 3.63) is 29.3 Å². The van der Waals surface area contributed by atoms with Crippen molar-refractivity contribution in [3.63, 3.8) is 0 Å². The lowest BCUT2D eigenvalue weighted by Gasteiger charge is -2.26. The SMILES string of the molecule is Cc1ccc(S(=O)(=O)N(CCCO)C(C)C)c(C)c1. The van der Waals surface area contributed by atoms with Gasteiger partial charge in [0.15, 0.2) is 0 Å². The van der Waals surface area contributed by atoms with E-state index in [1.807, 2.05) is 39.8 Å². The third-order valence-electron chi connectivity index (χ3n) is 3.03. The summed E-state index contributed by atoms with van der Waals surface area (Å²) in [4.78, 5) is 0.352. The first kappa shape index (κ1) is 16.1. The van der Waals surface area contributed by atoms with E-state index in [-0.39, 0.29) is 12.6 Å². The van der Waals surface area contributed by atoms with Gasteiger partial charge in [-0.2, -0.15) is 4.31 Å². The van der Waals surface area contributed by atoms with Crippen molar-refractivity contribution < 1.29 is 13.5 Å². The van der Waals surface area contributed by atoms with Gasteiger partial charge in [0.1, 0.15) is 0 Å². The van der Waals surface area contributed by atoms with Gasteiger partial charge in [-0.15, -0.1) is 0 Å². The second-order valence-corrected chi connectivity index (χ2v) is 6.91. The molecule has 1 rings (SSSR count). The zero-order valence-electron chi connectivity index (χ0n) is 12.0. The maximum absolute atomic E-state index is 12.7. The first-order valence-electron chi connectivity index (χ1n) is 6.50. The number of hydrogen-bond acceptors (Lipinski definition) is 3. The highest BCUT2D eigenvalue weighted by Crippen LogP contribution is 2.22. The maximum atomic E-state index is 12.7. The lowest BCUT2D eigenvalue weighted by molar-refractivity contribution is 0.258. The zero-order chi connectivity index (χ0) is 14.6. The first-order valence-corrected chi connectivity index (χ1v) is 7.94. The molecule has 1 N–H and O–H groups in total. The monoisotopic (exact) mass is 285 g/mol. The Morgan fingerprint density at radius 2 is 1.89 bits per heavy atom. The van der Waals surface area contributed by atoms with Gasteiger partial charge in [0.25, 0.3) is 0 Å². The first-order chi connectivity index (χ1) is 8.80. The molecule has 0 unspecified atom stereocenters. The van der Waals surface area contributed by atoms with Crippen LogP contribution in [-0.2, 0) is 10.0 Å². The second-order valence-electron chi connectivity index (χ2n) is 5.06. The Bertz CT molecular complexity index is 523. The van der Waals surface area contributed by atoms with Gasteiger partial charge in [-0.25, -0.2) is 8.42 Å². The van der Waals surface area contributed by atoms with Crippen LogP contribution in [0.5, 0.6) is 0 Å². The van der Waals surface area contributed by atoms with Crippen LogP contribution in [0.4, 0.5) is 0 Å². The van der Waals surface area contributed by atoms with E-state index in [0.29, 0.717) is 17.9 Å². The largest absolute Gasteiger partial charge is 0.396 e. The summed E-state index contributed by atoms with van der Waals surface area (Å²) in [6.07, 6.45) is 0.447. The van der Waals surface area contributed by atoms with Crippen LogP contribution in [0.2, 0.25) is 0 Å². The van der Waals surface area contributed by atoms with Gasteiger partial charge in [-0.3, -0.25) is 0 Å². The van der Waals surface area contributed by atoms with Crippen molar-refractivity contribution in [2.45, 2.75) is 45.1 Å². The van der Waals surface area contributed by atoms with E-state index >= 15 is 0 Å². The van der Waals surface area contributed by atoms with Crippen LogP contribution in [-0.4, -0.2) is 37.0 Å². The fourth-order valence-corrected chi connectivity index (χ4v) is 3.98. The number of sulfonamides is 1. The molecule has 0 aliphatic rings. The number of nitrogens with zero attached hydrogens (tertiary/aromatic N) is 1. The van der Waals surface area contributed by atoms with Crippen LogP contribution in [0.3, 0.4) is 0 Å². The summed E-state index contributed by atoms with van der Waals surface area (Å²) < 4.78 is 26.8. The van der Waals surface area contributed by atoms with Gasteiger partial charge in [0.05, 0.1) is 4.90 Å². The predicted molar refractivity (Wildman–Crippen MR) is 76.6 cm³/mol. The van der Waals surface area contributed by atoms with Crippen LogP contribution in [0.1, 0.15) is 31.4 Å². The van der Waals surface area contributed by atoms with Crippen LogP contribution in [0, 0.1) is 13.8 Å². The molecule has 5 heteroatoms. The molecule has 0 heterocycles. The summed E-state index contributed by atoms with van der Waals surface area (Å²) in [7, 11) is -3.50. The standard InChI is InChI=1S/C14H23NO3S/c1-11(2)15(8-5-9-16)19(17,18)14-7-6-12(3)10-13(14)4/h6-7,10-11,16H,5,8-9H2,1-4H3. The number of benzene rings is 1. The normalized spacial score (nSPS) is 12.4. The Hall–Kier alpha value is -0.910. The Kier molecular flexibility index (Phi) is 5.52. The van der Waals surface area contributed by atoms with Crippen molar-refractivity contribution in [1.29, 1.82) is 0 Å². The zero-order valence-corrected chi connectivity index (χ0v) is 12.9. The summed E-state index contributed by atoms with van der Waals surface area (Å²) >= 11 is 0. The third kappa shape index (κ3) is 3.78. The lowest BCUT2D eigenvalue weighted by Crippen LogP contribution is -2.38. The van der Waals surface area contributed by atoms with E-state index in [1.54, 1.807) is 6.07 Å². The Labute approximate surface area is 116 Å². The van der Waals surface area contributed by atoms with Crippen molar-refractivity contribution in [1.82, 2.24) is 4.31 Å². The Balaban J connectivity index is 3.19. The molecule has 0 saturated heterocycles. The second kappa shape index (κ2) is 6.50. The fourth-order valence-electron chi connectivity index (χ4n) is 2.10. The molecule has 0 aliphatic heterocycles. The highest BCUT2D eigenvalue weighted by atomic mass is 32.2. The number of aryl methyl sites for hydroxylation is 2. The van der Waals surface area contributed by atoms with E-state index < -0.39 is 10.0 Å². The van der Waals surface area contributed by atoms with Gasteiger partial charge < -0.3 is 5.11 Å². The molecular formula is C14H23NO3S. The van der Waals surface area contributed by atoms with Gasteiger partial charge in [-0.05, 0) is 45.7 Å². The lowest BCUT2D eigenvalue weighted by atomic mass is 10.2. The van der Waals surface area contributed by atoms with Gasteiger partial charge >= 0.3 is 0 Å². The summed E-state index contributed by atoms with van der Waals surface area (Å²) in [5.74, 6) is 0. The average molecular weight is 285 g/mol. The molecule has 0 aromatic heterocycles. The van der Waals surface area contributed by atoms with E-state index in [4.69, 9.17) is 5.11 Å². The van der Waals surface area contributed by atoms with Crippen molar-refractivity contribution >= 4 is 10.0 Å². The topological polar surface area (TPSA) is 57.6 Å². The molecule has 1 aromatic rings. The summed E-state index contributed by atoms with van der Waals surface area (Å²) in [5, 5.41) is 8.90. The highest BCUT2D eigenvalue weighted by Gasteiger charge is 2.27. The highest BCUT2D eigenvalue weighted by molar-refractivity contribution is 7.89. The minimum Gasteiger partial charge on any atom is -0.396 e. The number of rotatable bonds is 6. The quantitative estimate of drug-likeness (QED) is 0.870. The number of aliphatic hydroxyl groups excluding tert-OH is 1. The van der Waals surface area contributed by atoms with Crippen molar-refractivity contribution in [2.24, 2.45) is 0 Å². The molecule has 0 fully saturated rings. The summed E-state index contributed by atoms with van der Waals surface area (Å²) in [6.45, 7) is 7.77. The molecule has 0 radical (unpaired) electrons. The smallest absolute Gasteiger partial charge is 0.243 e. The molecule has 19 heavy (non-hydrogen) atoms. The van der Waals surface area contributed by atoms with Gasteiger partial charge in [0, 0.05) is 19.2 Å². The van der Waals surface area contributed by atoms with Crippen LogP contribution < -0.4 is 0 Å². The van der Waals surface area contributed by atoms with E-state index in [1.165, 1.54) is 4.31 Å². The predicted octanol–water partition coefficient (Wildman–Crippen LogP) is 2.08. The molecule has 4 nitrogen and oxygen atoms in total. The van der Waals surface area contributed by atoms with E-state index in [2.05, 4.69) is 0 Å². The van der Waals surface area contributed by atoms with Crippen molar-refractivity contribution in [2.75, 3.05) is 13.2 Å². The molecule has 0 bridgehead atoms. The van der Waals surface area contributed by atoms with Crippen molar-refractivity contribution in [3.8, 4) is 0 Å². The average Bonchev–Trinajstić information content (AvgIpc) is 2.27. The molecule has 0 amide bonds. The Morgan fingerprint density at radius 1 is 1.26 bits per heavy atom. The molecule has 0 saturated carbocycles. The van der Waals surface area contributed by atoms with E-state index in [0.717, 1.165) is 11.1 Å². The number of hydrogen-bond donors (Lipinski definition) is 1. The molecule has 1 aromatic carbocycles. The molecular weight excluding hydrogens is 262 g/mol. The summed E-state index contributed by atoms with van der Waals surface area (Å²) in [5.41, 5.74) is 1.80. The van der Waals surface area contributed by atoms with Crippen LogP contribution in [0.15, 0.2) is 23.1 Å². The maximum Gasteiger partial charge on any atom is 0.243 e. The fraction of sp³-hybridized carbons (Fsp3) is 0.571. The molecule has 0 atom stereocenters. The Morgan fingerprint density at radius 3 is 2.37 bits per heavy atom. The molecule has 0 spiro atoms. The minimum absolute atomic E-state index is 0.00831. The van der Waals surface area contributed by atoms with Crippen LogP contribution >= 0.6 is 0 Å². The minimum atomic E-state index is -3.50. The van der Waals surface area contributed by atoms with E-state index in [9.17, 15) is 8.42 Å². The molecule has 108 valence electrons. The summed E-state index contributed by atoms with van der Waals surface area (Å²) in [6, 6.07) is 5.22. The third-order valence-corrected chi connectivity index (χ3v) is 5.27.